The van der Waals surface area contributed by atoms with E-state index >= 15 is 0 Å². The van der Waals surface area contributed by atoms with Crippen LogP contribution in [0.15, 0.2) is 53.4 Å². The average Bonchev–Trinajstić information content (AvgIpc) is 2.40. The minimum Gasteiger partial charge on any atom is -0.456 e. The van der Waals surface area contributed by atoms with Crippen LogP contribution >= 0.6 is 11.8 Å². The second-order valence-corrected chi connectivity index (χ2v) is 4.96. The molecular formula is C15H17NOS. The van der Waals surface area contributed by atoms with Gasteiger partial charge in [0, 0.05) is 10.9 Å². The van der Waals surface area contributed by atoms with Crippen molar-refractivity contribution in [2.45, 2.75) is 17.9 Å². The molecule has 2 nitrogen and oxygen atoms in total. The Morgan fingerprint density at radius 2 is 1.72 bits per heavy atom. The van der Waals surface area contributed by atoms with Crippen LogP contribution in [0.25, 0.3) is 0 Å². The van der Waals surface area contributed by atoms with Crippen LogP contribution in [0.5, 0.6) is 11.5 Å². The molecular weight excluding hydrogens is 242 g/mol. The van der Waals surface area contributed by atoms with Crippen molar-refractivity contribution in [2.24, 2.45) is 5.73 Å². The molecule has 3 heteroatoms. The van der Waals surface area contributed by atoms with E-state index in [1.807, 2.05) is 55.6 Å². The van der Waals surface area contributed by atoms with Crippen molar-refractivity contribution in [3.05, 3.63) is 54.1 Å². The van der Waals surface area contributed by atoms with Gasteiger partial charge in [0.2, 0.25) is 0 Å². The van der Waals surface area contributed by atoms with Gasteiger partial charge < -0.3 is 10.5 Å². The number of rotatable bonds is 4. The maximum absolute atomic E-state index is 5.87. The summed E-state index contributed by atoms with van der Waals surface area (Å²) in [6, 6.07) is 16.0. The summed E-state index contributed by atoms with van der Waals surface area (Å²) >= 11 is 1.68. The highest BCUT2D eigenvalue weighted by Crippen LogP contribution is 2.31. The molecule has 0 bridgehead atoms. The maximum atomic E-state index is 5.87. The Morgan fingerprint density at radius 1 is 1.06 bits per heavy atom. The Morgan fingerprint density at radius 3 is 2.33 bits per heavy atom. The van der Waals surface area contributed by atoms with E-state index in [0.29, 0.717) is 0 Å². The fourth-order valence-corrected chi connectivity index (χ4v) is 2.20. The lowest BCUT2D eigenvalue weighted by molar-refractivity contribution is 0.471. The summed E-state index contributed by atoms with van der Waals surface area (Å²) in [5, 5.41) is 0. The highest BCUT2D eigenvalue weighted by molar-refractivity contribution is 7.98. The highest BCUT2D eigenvalue weighted by atomic mass is 32.2. The molecule has 0 aromatic heterocycles. The Kier molecular flexibility index (Phi) is 4.28. The molecule has 2 N–H and O–H groups in total. The van der Waals surface area contributed by atoms with Crippen molar-refractivity contribution in [3.63, 3.8) is 0 Å². The van der Waals surface area contributed by atoms with Gasteiger partial charge in [0.05, 0.1) is 0 Å². The molecule has 0 saturated heterocycles. The van der Waals surface area contributed by atoms with Gasteiger partial charge in [-0.2, -0.15) is 0 Å². The summed E-state index contributed by atoms with van der Waals surface area (Å²) in [6.45, 7) is 1.97. The summed E-state index contributed by atoms with van der Waals surface area (Å²) in [5.74, 6) is 1.72. The Balaban J connectivity index is 2.18. The predicted molar refractivity (Wildman–Crippen MR) is 77.3 cm³/mol. The van der Waals surface area contributed by atoms with Crippen LogP contribution in [0, 0.1) is 0 Å². The summed E-state index contributed by atoms with van der Waals surface area (Å²) < 4.78 is 5.87. The number of ether oxygens (including phenoxy) is 1. The number of para-hydroxylation sites is 1. The molecule has 0 aliphatic carbocycles. The van der Waals surface area contributed by atoms with Gasteiger partial charge in [-0.05, 0) is 43.0 Å². The zero-order valence-electron chi connectivity index (χ0n) is 10.6. The standard InChI is InChI=1S/C15H17NOS/c1-11(16)12-7-9-13(10-8-12)17-14-5-3-4-6-15(14)18-2/h3-11H,16H2,1-2H3/t11-/m1/s1. The third-order valence-corrected chi connectivity index (χ3v) is 3.48. The average molecular weight is 259 g/mol. The van der Waals surface area contributed by atoms with Gasteiger partial charge in [0.25, 0.3) is 0 Å². The quantitative estimate of drug-likeness (QED) is 0.835. The molecule has 0 unspecified atom stereocenters. The minimum atomic E-state index is 0.0533. The Bertz CT molecular complexity index is 508. The van der Waals surface area contributed by atoms with Gasteiger partial charge in [-0.1, -0.05) is 24.3 Å². The van der Waals surface area contributed by atoms with Gasteiger partial charge in [0.1, 0.15) is 11.5 Å². The zero-order valence-corrected chi connectivity index (χ0v) is 11.4. The zero-order chi connectivity index (χ0) is 13.0. The van der Waals surface area contributed by atoms with E-state index in [2.05, 4.69) is 6.07 Å². The number of benzene rings is 2. The lowest BCUT2D eigenvalue weighted by Crippen LogP contribution is -2.04. The molecule has 0 aliphatic heterocycles. The van der Waals surface area contributed by atoms with E-state index in [4.69, 9.17) is 10.5 Å². The fourth-order valence-electron chi connectivity index (χ4n) is 1.67. The molecule has 2 aromatic rings. The van der Waals surface area contributed by atoms with Crippen molar-refractivity contribution >= 4 is 11.8 Å². The van der Waals surface area contributed by atoms with Crippen LogP contribution in [0.1, 0.15) is 18.5 Å². The SMILES string of the molecule is CSc1ccccc1Oc1ccc([C@@H](C)N)cc1. The fraction of sp³-hybridized carbons (Fsp3) is 0.200. The van der Waals surface area contributed by atoms with Gasteiger partial charge >= 0.3 is 0 Å². The number of hydrogen-bond acceptors (Lipinski definition) is 3. The molecule has 2 rings (SSSR count). The van der Waals surface area contributed by atoms with Crippen molar-refractivity contribution in [2.75, 3.05) is 6.26 Å². The van der Waals surface area contributed by atoms with Crippen molar-refractivity contribution in [1.29, 1.82) is 0 Å². The number of nitrogens with two attached hydrogens (primary N) is 1. The van der Waals surface area contributed by atoms with Crippen LogP contribution in [0.2, 0.25) is 0 Å². The molecule has 2 aromatic carbocycles. The third kappa shape index (κ3) is 3.06. The highest BCUT2D eigenvalue weighted by Gasteiger charge is 2.04. The monoisotopic (exact) mass is 259 g/mol. The minimum absolute atomic E-state index is 0.0533. The molecule has 18 heavy (non-hydrogen) atoms. The van der Waals surface area contributed by atoms with E-state index in [1.165, 1.54) is 0 Å². The topological polar surface area (TPSA) is 35.2 Å². The number of hydrogen-bond donors (Lipinski definition) is 1. The van der Waals surface area contributed by atoms with Crippen LogP contribution in [-0.4, -0.2) is 6.26 Å². The maximum Gasteiger partial charge on any atom is 0.140 e. The predicted octanol–water partition coefficient (Wildman–Crippen LogP) is 4.22. The first kappa shape index (κ1) is 13.0. The van der Waals surface area contributed by atoms with Gasteiger partial charge in [-0.15, -0.1) is 11.8 Å². The van der Waals surface area contributed by atoms with Gasteiger partial charge in [-0.25, -0.2) is 0 Å². The molecule has 0 saturated carbocycles. The molecule has 0 aliphatic rings. The van der Waals surface area contributed by atoms with Gasteiger partial charge in [0.15, 0.2) is 0 Å². The Hall–Kier alpha value is -1.45. The first-order valence-electron chi connectivity index (χ1n) is 5.87. The molecule has 0 heterocycles. The van der Waals surface area contributed by atoms with Gasteiger partial charge in [-0.3, -0.25) is 0 Å². The second kappa shape index (κ2) is 5.94. The number of thioether (sulfide) groups is 1. The summed E-state index contributed by atoms with van der Waals surface area (Å²) in [7, 11) is 0. The van der Waals surface area contributed by atoms with E-state index in [0.717, 1.165) is 22.0 Å². The Labute approximate surface area is 112 Å². The molecule has 0 amide bonds. The van der Waals surface area contributed by atoms with E-state index in [1.54, 1.807) is 11.8 Å². The van der Waals surface area contributed by atoms with Crippen LogP contribution < -0.4 is 10.5 Å². The normalized spacial score (nSPS) is 12.2. The first-order chi connectivity index (χ1) is 8.70. The van der Waals surface area contributed by atoms with Crippen molar-refractivity contribution in [1.82, 2.24) is 0 Å². The lowest BCUT2D eigenvalue weighted by atomic mass is 10.1. The van der Waals surface area contributed by atoms with Crippen molar-refractivity contribution in [3.8, 4) is 11.5 Å². The van der Waals surface area contributed by atoms with Crippen LogP contribution in [0.4, 0.5) is 0 Å². The van der Waals surface area contributed by atoms with Crippen LogP contribution in [0.3, 0.4) is 0 Å². The molecule has 94 valence electrons. The summed E-state index contributed by atoms with van der Waals surface area (Å²) in [6.07, 6.45) is 2.04. The van der Waals surface area contributed by atoms with E-state index in [9.17, 15) is 0 Å². The smallest absolute Gasteiger partial charge is 0.140 e. The molecule has 0 spiro atoms. The van der Waals surface area contributed by atoms with Crippen molar-refractivity contribution < 1.29 is 4.74 Å². The lowest BCUT2D eigenvalue weighted by Gasteiger charge is -2.11. The third-order valence-electron chi connectivity index (χ3n) is 2.70. The van der Waals surface area contributed by atoms with E-state index < -0.39 is 0 Å². The second-order valence-electron chi connectivity index (χ2n) is 4.11. The largest absolute Gasteiger partial charge is 0.456 e. The molecule has 0 fully saturated rings. The van der Waals surface area contributed by atoms with Crippen LogP contribution in [-0.2, 0) is 0 Å². The van der Waals surface area contributed by atoms with E-state index in [-0.39, 0.29) is 6.04 Å². The molecule has 1 atom stereocenters. The first-order valence-corrected chi connectivity index (χ1v) is 7.09. The summed E-state index contributed by atoms with van der Waals surface area (Å²) in [5.41, 5.74) is 6.93. The summed E-state index contributed by atoms with van der Waals surface area (Å²) in [4.78, 5) is 1.13. The molecule has 0 radical (unpaired) electrons.